The second-order valence-electron chi connectivity index (χ2n) is 5.32. The molecule has 1 aromatic carbocycles. The molecule has 0 bridgehead atoms. The van der Waals surface area contributed by atoms with Crippen LogP contribution in [-0.4, -0.2) is 15.7 Å². The molecule has 0 aliphatic carbocycles. The van der Waals surface area contributed by atoms with Gasteiger partial charge in [0.25, 0.3) is 5.56 Å². The van der Waals surface area contributed by atoms with Gasteiger partial charge in [0.15, 0.2) is 0 Å². The Morgan fingerprint density at radius 3 is 2.43 bits per heavy atom. The fraction of sp³-hybridized carbons (Fsp3) is 0.375. The zero-order valence-corrected chi connectivity index (χ0v) is 12.7. The Morgan fingerprint density at radius 2 is 1.76 bits per heavy atom. The first-order valence-electron chi connectivity index (χ1n) is 7.02. The first-order chi connectivity index (χ1) is 10.0. The van der Waals surface area contributed by atoms with Gasteiger partial charge < -0.3 is 5.32 Å². The van der Waals surface area contributed by atoms with Crippen LogP contribution in [0.3, 0.4) is 0 Å². The van der Waals surface area contributed by atoms with Crippen molar-refractivity contribution in [1.29, 1.82) is 0 Å². The molecule has 0 aliphatic heterocycles. The maximum Gasteiger partial charge on any atom is 0.330 e. The molecule has 2 aromatic rings. The van der Waals surface area contributed by atoms with Gasteiger partial charge in [0.05, 0.1) is 0 Å². The summed E-state index contributed by atoms with van der Waals surface area (Å²) in [7, 11) is 3.17. The topological polar surface area (TPSA) is 56.0 Å². The summed E-state index contributed by atoms with van der Waals surface area (Å²) in [5.41, 5.74) is 1.40. The fourth-order valence-corrected chi connectivity index (χ4v) is 2.26. The average molecular weight is 287 g/mol. The van der Waals surface area contributed by atoms with E-state index in [-0.39, 0.29) is 11.2 Å². The van der Waals surface area contributed by atoms with Crippen LogP contribution < -0.4 is 16.6 Å². The molecule has 0 aliphatic rings. The average Bonchev–Trinajstić information content (AvgIpc) is 2.51. The molecule has 1 aromatic heterocycles. The van der Waals surface area contributed by atoms with E-state index in [1.165, 1.54) is 23.2 Å². The maximum absolute atomic E-state index is 11.8. The van der Waals surface area contributed by atoms with Crippen LogP contribution in [-0.2, 0) is 20.6 Å². The molecule has 1 N–H and O–H groups in total. The summed E-state index contributed by atoms with van der Waals surface area (Å²) >= 11 is 0. The highest BCUT2D eigenvalue weighted by atomic mass is 16.2. The second kappa shape index (κ2) is 6.54. The van der Waals surface area contributed by atoms with E-state index in [1.54, 1.807) is 7.05 Å². The van der Waals surface area contributed by atoms with Gasteiger partial charge >= 0.3 is 5.69 Å². The number of hydrogen-bond donors (Lipinski definition) is 1. The first kappa shape index (κ1) is 15.3. The van der Waals surface area contributed by atoms with Crippen LogP contribution in [0.15, 0.2) is 46.0 Å². The van der Waals surface area contributed by atoms with Gasteiger partial charge in [-0.15, -0.1) is 0 Å². The summed E-state index contributed by atoms with van der Waals surface area (Å²) in [5.74, 6) is 0.370. The van der Waals surface area contributed by atoms with Crippen molar-refractivity contribution < 1.29 is 0 Å². The van der Waals surface area contributed by atoms with Crippen LogP contribution in [0.5, 0.6) is 0 Å². The summed E-state index contributed by atoms with van der Waals surface area (Å²) in [6, 6.07) is 11.7. The smallest absolute Gasteiger partial charge is 0.311 e. The lowest BCUT2D eigenvalue weighted by Gasteiger charge is -2.14. The van der Waals surface area contributed by atoms with E-state index in [0.717, 1.165) is 11.1 Å². The molecule has 1 unspecified atom stereocenters. The number of hydrogen-bond acceptors (Lipinski definition) is 3. The molecule has 0 fully saturated rings. The van der Waals surface area contributed by atoms with Crippen molar-refractivity contribution in [3.05, 3.63) is 68.5 Å². The van der Waals surface area contributed by atoms with Gasteiger partial charge in [-0.3, -0.25) is 13.9 Å². The summed E-state index contributed by atoms with van der Waals surface area (Å²) in [6.45, 7) is 3.43. The number of benzene rings is 1. The zero-order valence-electron chi connectivity index (χ0n) is 12.7. The number of nitrogens with one attached hydrogen (secondary N) is 1. The third-order valence-corrected chi connectivity index (χ3v) is 3.75. The molecule has 0 saturated heterocycles. The van der Waals surface area contributed by atoms with Crippen LogP contribution >= 0.6 is 0 Å². The van der Waals surface area contributed by atoms with Gasteiger partial charge in [-0.1, -0.05) is 37.3 Å². The highest BCUT2D eigenvalue weighted by molar-refractivity contribution is 5.19. The Bertz CT molecular complexity index is 717. The lowest BCUT2D eigenvalue weighted by molar-refractivity contribution is 0.572. The van der Waals surface area contributed by atoms with E-state index in [2.05, 4.69) is 24.4 Å². The maximum atomic E-state index is 11.8. The highest BCUT2D eigenvalue weighted by Crippen LogP contribution is 2.13. The van der Waals surface area contributed by atoms with Crippen molar-refractivity contribution in [2.24, 2.45) is 14.1 Å². The van der Waals surface area contributed by atoms with Gasteiger partial charge in [0.2, 0.25) is 0 Å². The van der Waals surface area contributed by atoms with Crippen molar-refractivity contribution in [2.45, 2.75) is 19.4 Å². The Balaban J connectivity index is 2.02. The predicted molar refractivity (Wildman–Crippen MR) is 83.5 cm³/mol. The molecule has 1 heterocycles. The summed E-state index contributed by atoms with van der Waals surface area (Å²) in [4.78, 5) is 23.5. The van der Waals surface area contributed by atoms with Crippen molar-refractivity contribution >= 4 is 0 Å². The molecule has 1 atom stereocenters. The molecule has 112 valence electrons. The van der Waals surface area contributed by atoms with Crippen molar-refractivity contribution in [3.8, 4) is 0 Å². The summed E-state index contributed by atoms with van der Waals surface area (Å²) in [5, 5.41) is 3.31. The van der Waals surface area contributed by atoms with E-state index in [9.17, 15) is 9.59 Å². The van der Waals surface area contributed by atoms with E-state index in [4.69, 9.17) is 0 Å². The minimum atomic E-state index is -0.296. The molecule has 5 nitrogen and oxygen atoms in total. The fourth-order valence-electron chi connectivity index (χ4n) is 2.26. The highest BCUT2D eigenvalue weighted by Gasteiger charge is 2.07. The van der Waals surface area contributed by atoms with Crippen molar-refractivity contribution in [3.63, 3.8) is 0 Å². The molecular weight excluding hydrogens is 266 g/mol. The molecule has 0 radical (unpaired) electrons. The SMILES string of the molecule is CC(CNCc1cc(=O)n(C)c(=O)n1C)c1ccccc1. The third kappa shape index (κ3) is 3.49. The molecule has 0 spiro atoms. The minimum absolute atomic E-state index is 0.272. The van der Waals surface area contributed by atoms with Gasteiger partial charge in [-0.05, 0) is 11.5 Å². The lowest BCUT2D eigenvalue weighted by atomic mass is 10.0. The van der Waals surface area contributed by atoms with Crippen LogP contribution in [0.2, 0.25) is 0 Å². The van der Waals surface area contributed by atoms with Crippen molar-refractivity contribution in [2.75, 3.05) is 6.54 Å². The Hall–Kier alpha value is -2.14. The summed E-state index contributed by atoms with van der Waals surface area (Å²) in [6.07, 6.45) is 0. The molecular formula is C16H21N3O2. The van der Waals surface area contributed by atoms with E-state index >= 15 is 0 Å². The molecule has 21 heavy (non-hydrogen) atoms. The number of aromatic nitrogens is 2. The van der Waals surface area contributed by atoms with Crippen LogP contribution in [0.1, 0.15) is 24.1 Å². The normalized spacial score (nSPS) is 12.3. The summed E-state index contributed by atoms with van der Waals surface area (Å²) < 4.78 is 2.61. The van der Waals surface area contributed by atoms with Gasteiger partial charge in [-0.25, -0.2) is 4.79 Å². The standard InChI is InChI=1S/C16H21N3O2/c1-12(13-7-5-4-6-8-13)10-17-11-14-9-15(20)19(3)16(21)18(14)2/h4-9,12,17H,10-11H2,1-3H3. The van der Waals surface area contributed by atoms with Gasteiger partial charge in [0, 0.05) is 38.9 Å². The zero-order chi connectivity index (χ0) is 15.4. The third-order valence-electron chi connectivity index (χ3n) is 3.75. The predicted octanol–water partition coefficient (Wildman–Crippen LogP) is 0.977. The first-order valence-corrected chi connectivity index (χ1v) is 7.02. The van der Waals surface area contributed by atoms with Crippen LogP contribution in [0, 0.1) is 0 Å². The number of nitrogens with zero attached hydrogens (tertiary/aromatic N) is 2. The molecule has 0 saturated carbocycles. The number of rotatable bonds is 5. The van der Waals surface area contributed by atoms with Crippen LogP contribution in [0.4, 0.5) is 0 Å². The Morgan fingerprint density at radius 1 is 1.10 bits per heavy atom. The Kier molecular flexibility index (Phi) is 4.75. The van der Waals surface area contributed by atoms with Gasteiger partial charge in [0.1, 0.15) is 0 Å². The molecule has 5 heteroatoms. The minimum Gasteiger partial charge on any atom is -0.311 e. The lowest BCUT2D eigenvalue weighted by Crippen LogP contribution is -2.39. The quantitative estimate of drug-likeness (QED) is 0.892. The van der Waals surface area contributed by atoms with Crippen molar-refractivity contribution in [1.82, 2.24) is 14.5 Å². The monoisotopic (exact) mass is 287 g/mol. The molecule has 2 rings (SSSR count). The van der Waals surface area contributed by atoms with E-state index in [1.807, 2.05) is 18.2 Å². The molecule has 0 amide bonds. The van der Waals surface area contributed by atoms with E-state index < -0.39 is 0 Å². The Labute approximate surface area is 123 Å². The van der Waals surface area contributed by atoms with Crippen LogP contribution in [0.25, 0.3) is 0 Å². The largest absolute Gasteiger partial charge is 0.330 e. The van der Waals surface area contributed by atoms with Gasteiger partial charge in [-0.2, -0.15) is 0 Å². The van der Waals surface area contributed by atoms with E-state index in [0.29, 0.717) is 18.2 Å². The second-order valence-corrected chi connectivity index (χ2v) is 5.32.